The predicted octanol–water partition coefficient (Wildman–Crippen LogP) is 2.08. The molecule has 74 valence electrons. The standard InChI is InChI=1S/C10H17NOS/c1-8(2)7-13(12)10-5-3-4-9(10)6-11/h8-10H,3-5,7H2,1-2H3. The molecule has 1 rings (SSSR count). The van der Waals surface area contributed by atoms with Crippen LogP contribution in [-0.4, -0.2) is 15.2 Å². The van der Waals surface area contributed by atoms with E-state index in [0.717, 1.165) is 25.0 Å². The molecule has 0 radical (unpaired) electrons. The molecule has 1 aliphatic carbocycles. The maximum atomic E-state index is 11.8. The van der Waals surface area contributed by atoms with E-state index in [1.807, 2.05) is 0 Å². The van der Waals surface area contributed by atoms with E-state index in [0.29, 0.717) is 5.92 Å². The Kier molecular flexibility index (Phi) is 3.92. The molecule has 3 atom stereocenters. The van der Waals surface area contributed by atoms with Gasteiger partial charge in [-0.25, -0.2) is 0 Å². The molecule has 3 heteroatoms. The molecule has 0 aliphatic heterocycles. The molecular formula is C10H17NOS. The summed E-state index contributed by atoms with van der Waals surface area (Å²) in [6, 6.07) is 2.28. The lowest BCUT2D eigenvalue weighted by atomic mass is 10.1. The molecule has 0 aromatic carbocycles. The minimum atomic E-state index is -0.778. The molecule has 1 saturated carbocycles. The lowest BCUT2D eigenvalue weighted by molar-refractivity contribution is 0.631. The van der Waals surface area contributed by atoms with Crippen LogP contribution in [-0.2, 0) is 10.8 Å². The molecule has 0 amide bonds. The van der Waals surface area contributed by atoms with Crippen molar-refractivity contribution in [2.45, 2.75) is 38.4 Å². The average molecular weight is 199 g/mol. The molecule has 0 aromatic heterocycles. The largest absolute Gasteiger partial charge is 0.259 e. The third kappa shape index (κ3) is 2.80. The molecule has 0 heterocycles. The van der Waals surface area contributed by atoms with Crippen LogP contribution in [0.5, 0.6) is 0 Å². The van der Waals surface area contributed by atoms with E-state index in [-0.39, 0.29) is 11.2 Å². The quantitative estimate of drug-likeness (QED) is 0.698. The summed E-state index contributed by atoms with van der Waals surface area (Å²) in [5.41, 5.74) is 0. The van der Waals surface area contributed by atoms with Crippen LogP contribution in [0.25, 0.3) is 0 Å². The predicted molar refractivity (Wildman–Crippen MR) is 54.6 cm³/mol. The first-order chi connectivity index (χ1) is 6.15. The zero-order valence-electron chi connectivity index (χ0n) is 8.32. The second-order valence-electron chi connectivity index (χ2n) is 4.15. The highest BCUT2D eigenvalue weighted by Gasteiger charge is 2.31. The number of hydrogen-bond acceptors (Lipinski definition) is 2. The summed E-state index contributed by atoms with van der Waals surface area (Å²) in [5, 5.41) is 8.99. The fraction of sp³-hybridized carbons (Fsp3) is 0.900. The monoisotopic (exact) mass is 199 g/mol. The van der Waals surface area contributed by atoms with Gasteiger partial charge in [-0.2, -0.15) is 5.26 Å². The van der Waals surface area contributed by atoms with E-state index < -0.39 is 10.8 Å². The van der Waals surface area contributed by atoms with Gasteiger partial charge in [-0.15, -0.1) is 0 Å². The van der Waals surface area contributed by atoms with E-state index in [9.17, 15) is 4.21 Å². The van der Waals surface area contributed by atoms with Crippen LogP contribution in [0.1, 0.15) is 33.1 Å². The van der Waals surface area contributed by atoms with Crippen LogP contribution < -0.4 is 0 Å². The molecule has 0 spiro atoms. The van der Waals surface area contributed by atoms with E-state index in [1.165, 1.54) is 0 Å². The molecule has 3 unspecified atom stereocenters. The normalized spacial score (nSPS) is 30.3. The number of hydrogen-bond donors (Lipinski definition) is 0. The van der Waals surface area contributed by atoms with Crippen molar-refractivity contribution in [1.29, 1.82) is 5.26 Å². The van der Waals surface area contributed by atoms with E-state index in [1.54, 1.807) is 0 Å². The summed E-state index contributed by atoms with van der Waals surface area (Å²) in [4.78, 5) is 0. The fourth-order valence-corrected chi connectivity index (χ4v) is 3.74. The zero-order chi connectivity index (χ0) is 9.84. The zero-order valence-corrected chi connectivity index (χ0v) is 9.14. The summed E-state index contributed by atoms with van der Waals surface area (Å²) in [6.45, 7) is 4.16. The topological polar surface area (TPSA) is 40.9 Å². The summed E-state index contributed by atoms with van der Waals surface area (Å²) in [7, 11) is -0.778. The molecule has 0 saturated heterocycles. The van der Waals surface area contributed by atoms with Gasteiger partial charge < -0.3 is 0 Å². The summed E-state index contributed by atoms with van der Waals surface area (Å²) < 4.78 is 11.8. The Labute approximate surface area is 82.8 Å². The van der Waals surface area contributed by atoms with Crippen molar-refractivity contribution in [1.82, 2.24) is 0 Å². The Morgan fingerprint density at radius 1 is 1.54 bits per heavy atom. The van der Waals surface area contributed by atoms with Crippen LogP contribution in [0.4, 0.5) is 0 Å². The van der Waals surface area contributed by atoms with Gasteiger partial charge >= 0.3 is 0 Å². The fourth-order valence-electron chi connectivity index (χ4n) is 1.84. The Hall–Kier alpha value is -0.360. The van der Waals surface area contributed by atoms with Gasteiger partial charge in [0, 0.05) is 16.6 Å². The van der Waals surface area contributed by atoms with Crippen molar-refractivity contribution in [3.8, 4) is 6.07 Å². The Morgan fingerprint density at radius 2 is 2.23 bits per heavy atom. The smallest absolute Gasteiger partial charge is 0.0668 e. The summed E-state index contributed by atoms with van der Waals surface area (Å²) in [6.07, 6.45) is 3.01. The van der Waals surface area contributed by atoms with Crippen LogP contribution in [0.2, 0.25) is 0 Å². The third-order valence-electron chi connectivity index (χ3n) is 2.45. The first kappa shape index (κ1) is 10.7. The van der Waals surface area contributed by atoms with Gasteiger partial charge in [0.2, 0.25) is 0 Å². The maximum absolute atomic E-state index is 11.8. The van der Waals surface area contributed by atoms with Crippen LogP contribution in [0, 0.1) is 23.2 Å². The second-order valence-corrected chi connectivity index (χ2v) is 5.85. The molecule has 0 N–H and O–H groups in total. The van der Waals surface area contributed by atoms with Gasteiger partial charge in [-0.1, -0.05) is 20.3 Å². The van der Waals surface area contributed by atoms with Gasteiger partial charge in [0.15, 0.2) is 0 Å². The Morgan fingerprint density at radius 3 is 2.77 bits per heavy atom. The highest BCUT2D eigenvalue weighted by molar-refractivity contribution is 7.85. The molecular weight excluding hydrogens is 182 g/mol. The molecule has 0 aromatic rings. The number of rotatable bonds is 3. The van der Waals surface area contributed by atoms with E-state index >= 15 is 0 Å². The van der Waals surface area contributed by atoms with Gasteiger partial charge in [0.25, 0.3) is 0 Å². The van der Waals surface area contributed by atoms with E-state index in [2.05, 4.69) is 19.9 Å². The van der Waals surface area contributed by atoms with Crippen LogP contribution in [0.15, 0.2) is 0 Å². The highest BCUT2D eigenvalue weighted by Crippen LogP contribution is 2.29. The first-order valence-corrected chi connectivity index (χ1v) is 6.30. The van der Waals surface area contributed by atoms with Crippen molar-refractivity contribution >= 4 is 10.8 Å². The molecule has 0 bridgehead atoms. The van der Waals surface area contributed by atoms with Crippen molar-refractivity contribution in [2.75, 3.05) is 5.75 Å². The maximum Gasteiger partial charge on any atom is 0.0668 e. The highest BCUT2D eigenvalue weighted by atomic mass is 32.2. The number of nitriles is 1. The third-order valence-corrected chi connectivity index (χ3v) is 4.69. The number of nitrogens with zero attached hydrogens (tertiary/aromatic N) is 1. The van der Waals surface area contributed by atoms with Crippen molar-refractivity contribution in [2.24, 2.45) is 11.8 Å². The summed E-state index contributed by atoms with van der Waals surface area (Å²) in [5.74, 6) is 1.28. The molecule has 13 heavy (non-hydrogen) atoms. The van der Waals surface area contributed by atoms with Gasteiger partial charge in [0.05, 0.1) is 17.2 Å². The lowest BCUT2D eigenvalue weighted by Crippen LogP contribution is -2.23. The molecule has 1 aliphatic rings. The Bertz CT molecular complexity index is 232. The van der Waals surface area contributed by atoms with Crippen molar-refractivity contribution in [3.63, 3.8) is 0 Å². The lowest BCUT2D eigenvalue weighted by Gasteiger charge is -2.14. The first-order valence-electron chi connectivity index (χ1n) is 4.92. The average Bonchev–Trinajstić information content (AvgIpc) is 2.49. The van der Waals surface area contributed by atoms with Crippen LogP contribution in [0.3, 0.4) is 0 Å². The van der Waals surface area contributed by atoms with Gasteiger partial charge in [0.1, 0.15) is 0 Å². The van der Waals surface area contributed by atoms with Gasteiger partial charge in [-0.3, -0.25) is 4.21 Å². The van der Waals surface area contributed by atoms with Crippen molar-refractivity contribution in [3.05, 3.63) is 0 Å². The Balaban J connectivity index is 2.51. The van der Waals surface area contributed by atoms with Crippen molar-refractivity contribution < 1.29 is 4.21 Å². The van der Waals surface area contributed by atoms with Crippen LogP contribution >= 0.6 is 0 Å². The summed E-state index contributed by atoms with van der Waals surface area (Å²) >= 11 is 0. The van der Waals surface area contributed by atoms with Gasteiger partial charge in [-0.05, 0) is 18.8 Å². The minimum Gasteiger partial charge on any atom is -0.259 e. The minimum absolute atomic E-state index is 0.0552. The molecule has 1 fully saturated rings. The molecule has 2 nitrogen and oxygen atoms in total. The second kappa shape index (κ2) is 4.76. The van der Waals surface area contributed by atoms with E-state index in [4.69, 9.17) is 5.26 Å². The SMILES string of the molecule is CC(C)CS(=O)C1CCCC1C#N.